The Balaban J connectivity index is 1.42. The van der Waals surface area contributed by atoms with Crippen LogP contribution in [0, 0.1) is 5.92 Å². The molecular formula is C25H34N6O7S2. The van der Waals surface area contributed by atoms with E-state index in [1.54, 1.807) is 43.0 Å². The van der Waals surface area contributed by atoms with Gasteiger partial charge < -0.3 is 20.5 Å². The van der Waals surface area contributed by atoms with Crippen molar-refractivity contribution < 1.29 is 32.6 Å². The van der Waals surface area contributed by atoms with Gasteiger partial charge in [0.05, 0.1) is 42.1 Å². The molecule has 0 saturated carbocycles. The van der Waals surface area contributed by atoms with Gasteiger partial charge in [0, 0.05) is 26.3 Å². The zero-order valence-corrected chi connectivity index (χ0v) is 24.2. The highest BCUT2D eigenvalue weighted by atomic mass is 32.2. The van der Waals surface area contributed by atoms with E-state index >= 15 is 0 Å². The molecule has 3 heterocycles. The van der Waals surface area contributed by atoms with Crippen molar-refractivity contribution in [1.82, 2.24) is 24.2 Å². The SMILES string of the molecule is CCNC(=O)OCc1cnc(N2C(=O)[C@@H](C)[C@@H]3[C@@H]2CCN3S(=O)(=O)N(C)CC(=O)N[C@H](CO)c2ccccc2)s1. The standard InChI is InChI=1S/C25H34N6O7S2/c1-4-26-25(35)38-15-18-12-27-24(39-18)31-20-10-11-30(22(20)16(2)23(31)34)40(36,37)29(3)13-21(33)28-19(14-32)17-8-6-5-7-9-17/h5-9,12,16,19-20,22,32H,4,10-11,13-15H2,1-3H3,(H,26,35)(H,28,33)/t16-,19+,20-,22+/m0/s1. The van der Waals surface area contributed by atoms with Crippen molar-refractivity contribution in [3.63, 3.8) is 0 Å². The summed E-state index contributed by atoms with van der Waals surface area (Å²) < 4.78 is 34.5. The maximum absolute atomic E-state index is 13.6. The lowest BCUT2D eigenvalue weighted by Gasteiger charge is -2.29. The summed E-state index contributed by atoms with van der Waals surface area (Å²) in [6, 6.07) is 7.19. The smallest absolute Gasteiger partial charge is 0.407 e. The van der Waals surface area contributed by atoms with E-state index in [9.17, 15) is 27.9 Å². The van der Waals surface area contributed by atoms with Gasteiger partial charge in [-0.1, -0.05) is 48.6 Å². The van der Waals surface area contributed by atoms with Crippen molar-refractivity contribution in [2.24, 2.45) is 5.92 Å². The highest BCUT2D eigenvalue weighted by molar-refractivity contribution is 7.86. The third-order valence-corrected chi connectivity index (χ3v) is 9.94. The van der Waals surface area contributed by atoms with Crippen molar-refractivity contribution in [2.75, 3.05) is 38.2 Å². The molecule has 4 rings (SSSR count). The number of hydrogen-bond donors (Lipinski definition) is 3. The van der Waals surface area contributed by atoms with Crippen LogP contribution in [0.2, 0.25) is 0 Å². The van der Waals surface area contributed by atoms with Gasteiger partial charge in [-0.3, -0.25) is 14.5 Å². The molecule has 0 unspecified atom stereocenters. The summed E-state index contributed by atoms with van der Waals surface area (Å²) >= 11 is 1.21. The van der Waals surface area contributed by atoms with Crippen molar-refractivity contribution >= 4 is 44.6 Å². The summed E-state index contributed by atoms with van der Waals surface area (Å²) in [5.74, 6) is -1.43. The quantitative estimate of drug-likeness (QED) is 0.345. The molecule has 0 aliphatic carbocycles. The first kappa shape index (κ1) is 29.9. The maximum Gasteiger partial charge on any atom is 0.407 e. The molecule has 2 saturated heterocycles. The Morgan fingerprint density at radius 2 is 2.02 bits per heavy atom. The number of rotatable bonds is 11. The van der Waals surface area contributed by atoms with Crippen molar-refractivity contribution in [3.05, 3.63) is 47.0 Å². The number of benzene rings is 1. The average Bonchev–Trinajstić information content (AvgIpc) is 3.64. The Morgan fingerprint density at radius 3 is 2.70 bits per heavy atom. The molecule has 13 nitrogen and oxygen atoms in total. The Hall–Kier alpha value is -3.11. The van der Waals surface area contributed by atoms with Crippen molar-refractivity contribution in [1.29, 1.82) is 0 Å². The first-order chi connectivity index (χ1) is 19.1. The van der Waals surface area contributed by atoms with Gasteiger partial charge in [0.1, 0.15) is 6.61 Å². The summed E-state index contributed by atoms with van der Waals surface area (Å²) in [5, 5.41) is 15.4. The van der Waals surface area contributed by atoms with E-state index in [1.165, 1.54) is 28.9 Å². The third kappa shape index (κ3) is 6.12. The minimum Gasteiger partial charge on any atom is -0.444 e. The van der Waals surface area contributed by atoms with Gasteiger partial charge in [0.15, 0.2) is 5.13 Å². The highest BCUT2D eigenvalue weighted by Crippen LogP contribution is 2.42. The molecule has 2 aliphatic heterocycles. The molecule has 3 amide bonds. The van der Waals surface area contributed by atoms with Gasteiger partial charge in [-0.2, -0.15) is 17.0 Å². The number of fused-ring (bicyclic) bond motifs is 1. The van der Waals surface area contributed by atoms with Gasteiger partial charge in [-0.05, 0) is 18.9 Å². The average molecular weight is 595 g/mol. The number of aliphatic hydroxyl groups is 1. The van der Waals surface area contributed by atoms with Crippen LogP contribution in [0.1, 0.15) is 36.8 Å². The minimum atomic E-state index is -4.09. The number of aromatic nitrogens is 1. The number of amides is 3. The molecule has 2 aliphatic rings. The van der Waals surface area contributed by atoms with Gasteiger partial charge >= 0.3 is 6.09 Å². The van der Waals surface area contributed by atoms with E-state index in [2.05, 4.69) is 15.6 Å². The second-order valence-electron chi connectivity index (χ2n) is 9.65. The van der Waals surface area contributed by atoms with Crippen LogP contribution in [0.3, 0.4) is 0 Å². The number of carbonyl (C=O) groups excluding carboxylic acids is 3. The zero-order chi connectivity index (χ0) is 29.0. The van der Waals surface area contributed by atoms with E-state index in [1.807, 2.05) is 6.07 Å². The lowest BCUT2D eigenvalue weighted by Crippen LogP contribution is -2.50. The van der Waals surface area contributed by atoms with Crippen molar-refractivity contribution in [3.8, 4) is 0 Å². The predicted molar refractivity (Wildman–Crippen MR) is 147 cm³/mol. The summed E-state index contributed by atoms with van der Waals surface area (Å²) in [6.45, 7) is 3.30. The summed E-state index contributed by atoms with van der Waals surface area (Å²) in [7, 11) is -2.77. The minimum absolute atomic E-state index is 0.00392. The zero-order valence-electron chi connectivity index (χ0n) is 22.5. The van der Waals surface area contributed by atoms with E-state index in [4.69, 9.17) is 4.74 Å². The fourth-order valence-electron chi connectivity index (χ4n) is 5.10. The largest absolute Gasteiger partial charge is 0.444 e. The highest BCUT2D eigenvalue weighted by Gasteiger charge is 2.56. The summed E-state index contributed by atoms with van der Waals surface area (Å²) in [6.07, 6.45) is 1.39. The molecular weight excluding hydrogens is 560 g/mol. The topological polar surface area (TPSA) is 161 Å². The van der Waals surface area contributed by atoms with Gasteiger partial charge in [0.2, 0.25) is 11.8 Å². The molecule has 1 aromatic carbocycles. The number of alkyl carbamates (subject to hydrolysis) is 1. The Bertz CT molecular complexity index is 1320. The monoisotopic (exact) mass is 594 g/mol. The lowest BCUT2D eigenvalue weighted by atomic mass is 10.0. The number of hydrogen-bond acceptors (Lipinski definition) is 9. The van der Waals surface area contributed by atoms with Crippen LogP contribution in [0.5, 0.6) is 0 Å². The van der Waals surface area contributed by atoms with E-state index in [-0.39, 0.29) is 25.7 Å². The number of nitrogens with zero attached hydrogens (tertiary/aromatic N) is 4. The summed E-state index contributed by atoms with van der Waals surface area (Å²) in [5.41, 5.74) is 0.700. The van der Waals surface area contributed by atoms with Crippen LogP contribution in [0.25, 0.3) is 0 Å². The lowest BCUT2D eigenvalue weighted by molar-refractivity contribution is -0.122. The molecule has 2 aromatic rings. The Morgan fingerprint density at radius 1 is 1.30 bits per heavy atom. The van der Waals surface area contributed by atoms with E-state index < -0.39 is 52.8 Å². The molecule has 0 bridgehead atoms. The number of aliphatic hydroxyl groups excluding tert-OH is 1. The van der Waals surface area contributed by atoms with E-state index in [0.29, 0.717) is 28.5 Å². The Kier molecular flexibility index (Phi) is 9.41. The molecule has 4 atom stereocenters. The fraction of sp³-hybridized carbons (Fsp3) is 0.520. The molecule has 3 N–H and O–H groups in total. The first-order valence-electron chi connectivity index (χ1n) is 12.9. The Labute approximate surface area is 237 Å². The van der Waals surface area contributed by atoms with Gasteiger partial charge in [-0.15, -0.1) is 0 Å². The normalized spacial score (nSPS) is 21.9. The van der Waals surface area contributed by atoms with Gasteiger partial charge in [-0.25, -0.2) is 9.78 Å². The number of likely N-dealkylation sites (N-methyl/N-ethyl adjacent to an activating group) is 1. The molecule has 15 heteroatoms. The second kappa shape index (κ2) is 12.6. The molecule has 2 fully saturated rings. The molecule has 1 aromatic heterocycles. The van der Waals surface area contributed by atoms with Crippen LogP contribution < -0.4 is 15.5 Å². The van der Waals surface area contributed by atoms with Crippen LogP contribution in [0.15, 0.2) is 36.5 Å². The molecule has 0 radical (unpaired) electrons. The number of thiazole rings is 1. The number of anilines is 1. The second-order valence-corrected chi connectivity index (χ2v) is 12.7. The number of nitrogens with one attached hydrogen (secondary N) is 2. The fourth-order valence-corrected chi connectivity index (χ4v) is 7.59. The maximum atomic E-state index is 13.6. The predicted octanol–water partition coefficient (Wildman–Crippen LogP) is 0.841. The van der Waals surface area contributed by atoms with Gasteiger partial charge in [0.25, 0.3) is 10.2 Å². The van der Waals surface area contributed by atoms with E-state index in [0.717, 1.165) is 4.31 Å². The van der Waals surface area contributed by atoms with Crippen LogP contribution in [0.4, 0.5) is 9.93 Å². The molecule has 40 heavy (non-hydrogen) atoms. The first-order valence-corrected chi connectivity index (χ1v) is 15.2. The summed E-state index contributed by atoms with van der Waals surface area (Å²) in [4.78, 5) is 44.1. The third-order valence-electron chi connectivity index (χ3n) is 7.03. The molecule has 0 spiro atoms. The number of carbonyl (C=O) groups is 3. The van der Waals surface area contributed by atoms with Crippen LogP contribution >= 0.6 is 11.3 Å². The number of ether oxygens (including phenoxy) is 1. The van der Waals surface area contributed by atoms with Crippen LogP contribution in [-0.4, -0.2) is 90.4 Å². The van der Waals surface area contributed by atoms with Crippen molar-refractivity contribution in [2.45, 2.75) is 45.0 Å². The van der Waals surface area contributed by atoms with Crippen LogP contribution in [-0.2, 0) is 31.1 Å². The molecule has 218 valence electrons.